The number of aryl methyl sites for hydroxylation is 2. The van der Waals surface area contributed by atoms with Gasteiger partial charge in [0.25, 0.3) is 5.91 Å². The molecule has 1 saturated heterocycles. The van der Waals surface area contributed by atoms with Crippen LogP contribution in [0.5, 0.6) is 5.75 Å². The van der Waals surface area contributed by atoms with Crippen molar-refractivity contribution in [1.29, 1.82) is 0 Å². The van der Waals surface area contributed by atoms with Gasteiger partial charge in [-0.15, -0.1) is 0 Å². The van der Waals surface area contributed by atoms with Crippen molar-refractivity contribution in [3.63, 3.8) is 0 Å². The largest absolute Gasteiger partial charge is 0.493 e. The van der Waals surface area contributed by atoms with Gasteiger partial charge in [0.1, 0.15) is 36.1 Å². The van der Waals surface area contributed by atoms with E-state index in [1.54, 1.807) is 6.92 Å². The first-order valence-corrected chi connectivity index (χ1v) is 12.1. The lowest BCUT2D eigenvalue weighted by molar-refractivity contribution is -0.134. The second-order valence-electron chi connectivity index (χ2n) is 9.65. The zero-order chi connectivity index (χ0) is 25.4. The molecule has 1 aliphatic heterocycles. The second kappa shape index (κ2) is 9.85. The van der Waals surface area contributed by atoms with E-state index in [0.29, 0.717) is 40.5 Å². The number of hydrogen-bond acceptors (Lipinski definition) is 6. The Balaban J connectivity index is 1.43. The van der Waals surface area contributed by atoms with Crippen LogP contribution in [0.3, 0.4) is 0 Å². The van der Waals surface area contributed by atoms with Crippen LogP contribution in [0, 0.1) is 19.8 Å². The SMILES string of the molecule is COCC(=O)N1C[C@H](NC(=O)c2c(C)[nH]c3c(-c4cc(C)ccc4OCC4CC4)ncnc23)[C@@H](F)C1. The van der Waals surface area contributed by atoms with Crippen molar-refractivity contribution in [1.82, 2.24) is 25.2 Å². The molecular formula is C26H30FN5O4. The highest BCUT2D eigenvalue weighted by atomic mass is 19.1. The number of nitrogens with zero attached hydrogens (tertiary/aromatic N) is 3. The molecule has 0 unspecified atom stereocenters. The van der Waals surface area contributed by atoms with Crippen LogP contribution >= 0.6 is 0 Å². The number of halogens is 1. The van der Waals surface area contributed by atoms with E-state index in [1.165, 1.54) is 31.2 Å². The summed E-state index contributed by atoms with van der Waals surface area (Å²) in [5, 5.41) is 2.76. The smallest absolute Gasteiger partial charge is 0.255 e. The van der Waals surface area contributed by atoms with Crippen LogP contribution in [0.15, 0.2) is 24.5 Å². The lowest BCUT2D eigenvalue weighted by Crippen LogP contribution is -2.42. The number of fused-ring (bicyclic) bond motifs is 1. The molecule has 2 amide bonds. The van der Waals surface area contributed by atoms with Gasteiger partial charge in [-0.3, -0.25) is 9.59 Å². The standard InChI is InChI=1S/C26H30FN5O4/c1-14-4-7-20(36-11-16-5-6-16)17(8-14)23-25-24(29-13-28-23)22(15(2)30-25)26(34)31-19-10-32(9-18(19)27)21(33)12-35-3/h4,7-8,13,16,18-19,30H,5-6,9-12H2,1-3H3,(H,31,34)/t18-,19-/m0/s1. The number of rotatable bonds is 8. The molecule has 1 aliphatic carbocycles. The molecule has 2 aliphatic rings. The third-order valence-electron chi connectivity index (χ3n) is 6.75. The van der Waals surface area contributed by atoms with E-state index in [-0.39, 0.29) is 25.6 Å². The molecule has 3 aromatic rings. The van der Waals surface area contributed by atoms with E-state index >= 15 is 0 Å². The molecule has 190 valence electrons. The van der Waals surface area contributed by atoms with Crippen molar-refractivity contribution < 1.29 is 23.5 Å². The maximum atomic E-state index is 14.7. The number of methoxy groups -OCH3 is 1. The second-order valence-corrected chi connectivity index (χ2v) is 9.65. The minimum atomic E-state index is -1.37. The Kier molecular flexibility index (Phi) is 6.61. The fourth-order valence-corrected chi connectivity index (χ4v) is 4.61. The average molecular weight is 496 g/mol. The number of H-pyrrole nitrogens is 1. The summed E-state index contributed by atoms with van der Waals surface area (Å²) in [6.45, 7) is 4.32. The molecule has 2 N–H and O–H groups in total. The number of benzene rings is 1. The van der Waals surface area contributed by atoms with Gasteiger partial charge in [-0.1, -0.05) is 11.6 Å². The van der Waals surface area contributed by atoms with Gasteiger partial charge < -0.3 is 24.7 Å². The van der Waals surface area contributed by atoms with Crippen molar-refractivity contribution >= 4 is 22.8 Å². The number of alkyl halides is 1. The van der Waals surface area contributed by atoms with Crippen molar-refractivity contribution in [3.05, 3.63) is 41.3 Å². The predicted octanol–water partition coefficient (Wildman–Crippen LogP) is 2.96. The first kappa shape index (κ1) is 24.2. The Labute approximate surface area is 208 Å². The summed E-state index contributed by atoms with van der Waals surface area (Å²) < 4.78 is 25.6. The number of ether oxygens (including phenoxy) is 2. The van der Waals surface area contributed by atoms with Crippen LogP contribution in [0.1, 0.15) is 34.5 Å². The minimum Gasteiger partial charge on any atom is -0.493 e. The Morgan fingerprint density at radius 2 is 2.03 bits per heavy atom. The molecule has 5 rings (SSSR count). The third-order valence-corrected chi connectivity index (χ3v) is 6.75. The van der Waals surface area contributed by atoms with E-state index in [1.807, 2.05) is 25.1 Å². The van der Waals surface area contributed by atoms with E-state index < -0.39 is 18.1 Å². The molecular weight excluding hydrogens is 465 g/mol. The molecule has 3 heterocycles. The lowest BCUT2D eigenvalue weighted by atomic mass is 10.1. The van der Waals surface area contributed by atoms with Gasteiger partial charge in [-0.05, 0) is 44.7 Å². The Hall–Kier alpha value is -3.53. The summed E-state index contributed by atoms with van der Waals surface area (Å²) in [5.41, 5.74) is 4.50. The van der Waals surface area contributed by atoms with Gasteiger partial charge in [0.15, 0.2) is 0 Å². The van der Waals surface area contributed by atoms with Gasteiger partial charge in [0, 0.05) is 24.9 Å². The van der Waals surface area contributed by atoms with Crippen LogP contribution < -0.4 is 10.1 Å². The van der Waals surface area contributed by atoms with Gasteiger partial charge in [0.2, 0.25) is 5.91 Å². The number of aromatic nitrogens is 3. The van der Waals surface area contributed by atoms with Gasteiger partial charge in [-0.25, -0.2) is 14.4 Å². The number of nitrogens with one attached hydrogen (secondary N) is 2. The minimum absolute atomic E-state index is 0.0800. The quantitative estimate of drug-likeness (QED) is 0.497. The summed E-state index contributed by atoms with van der Waals surface area (Å²) in [7, 11) is 1.41. The number of amides is 2. The van der Waals surface area contributed by atoms with Crippen LogP contribution in [-0.4, -0.2) is 77.3 Å². The molecule has 1 aromatic carbocycles. The van der Waals surface area contributed by atoms with E-state index in [0.717, 1.165) is 16.9 Å². The zero-order valence-electron chi connectivity index (χ0n) is 20.6. The highest BCUT2D eigenvalue weighted by Gasteiger charge is 2.37. The summed E-state index contributed by atoms with van der Waals surface area (Å²) in [5.74, 6) is 0.572. The Morgan fingerprint density at radius 3 is 2.78 bits per heavy atom. The summed E-state index contributed by atoms with van der Waals surface area (Å²) in [6.07, 6.45) is 2.43. The molecule has 36 heavy (non-hydrogen) atoms. The third kappa shape index (κ3) is 4.77. The number of carbonyl (C=O) groups is 2. The number of aromatic amines is 1. The number of hydrogen-bond donors (Lipinski definition) is 2. The van der Waals surface area contributed by atoms with Crippen molar-refractivity contribution in [2.45, 2.75) is 38.9 Å². The Morgan fingerprint density at radius 1 is 1.22 bits per heavy atom. The average Bonchev–Trinajstić information content (AvgIpc) is 3.51. The van der Waals surface area contributed by atoms with Crippen molar-refractivity contribution in [2.75, 3.05) is 33.4 Å². The van der Waals surface area contributed by atoms with E-state index in [9.17, 15) is 14.0 Å². The maximum Gasteiger partial charge on any atom is 0.255 e. The topological polar surface area (TPSA) is 109 Å². The van der Waals surface area contributed by atoms with Gasteiger partial charge in [0.05, 0.1) is 30.3 Å². The summed E-state index contributed by atoms with van der Waals surface area (Å²) in [4.78, 5) is 38.9. The van der Waals surface area contributed by atoms with E-state index in [2.05, 4.69) is 20.3 Å². The van der Waals surface area contributed by atoms with Gasteiger partial charge in [-0.2, -0.15) is 0 Å². The molecule has 9 nitrogen and oxygen atoms in total. The normalized spacial score (nSPS) is 19.6. The molecule has 2 fully saturated rings. The summed E-state index contributed by atoms with van der Waals surface area (Å²) >= 11 is 0. The fraction of sp³-hybridized carbons (Fsp3) is 0.462. The molecule has 2 aromatic heterocycles. The number of carbonyl (C=O) groups excluding carboxylic acids is 2. The van der Waals surface area contributed by atoms with Crippen molar-refractivity contribution in [2.24, 2.45) is 5.92 Å². The Bertz CT molecular complexity index is 1300. The molecule has 1 saturated carbocycles. The summed E-state index contributed by atoms with van der Waals surface area (Å²) in [6, 6.07) is 5.14. The number of likely N-dealkylation sites (tertiary alicyclic amines) is 1. The van der Waals surface area contributed by atoms with Crippen LogP contribution in [0.2, 0.25) is 0 Å². The van der Waals surface area contributed by atoms with Crippen LogP contribution in [0.4, 0.5) is 4.39 Å². The first-order valence-electron chi connectivity index (χ1n) is 12.1. The van der Waals surface area contributed by atoms with Crippen molar-refractivity contribution in [3.8, 4) is 17.0 Å². The van der Waals surface area contributed by atoms with E-state index in [4.69, 9.17) is 9.47 Å². The lowest BCUT2D eigenvalue weighted by Gasteiger charge is -2.16. The predicted molar refractivity (Wildman–Crippen MR) is 132 cm³/mol. The van der Waals surface area contributed by atoms with Crippen LogP contribution in [0.25, 0.3) is 22.3 Å². The molecule has 0 bridgehead atoms. The molecule has 0 spiro atoms. The maximum absolute atomic E-state index is 14.7. The van der Waals surface area contributed by atoms with Crippen LogP contribution in [-0.2, 0) is 9.53 Å². The highest BCUT2D eigenvalue weighted by Crippen LogP contribution is 2.37. The molecule has 2 atom stereocenters. The zero-order valence-corrected chi connectivity index (χ0v) is 20.6. The first-order chi connectivity index (χ1) is 17.4. The molecule has 10 heteroatoms. The fourth-order valence-electron chi connectivity index (χ4n) is 4.61. The monoisotopic (exact) mass is 495 g/mol. The molecule has 0 radical (unpaired) electrons. The van der Waals surface area contributed by atoms with Gasteiger partial charge >= 0.3 is 0 Å². The highest BCUT2D eigenvalue weighted by molar-refractivity contribution is 6.09.